The number of aryl methyl sites for hydroxylation is 2. The van der Waals surface area contributed by atoms with Crippen LogP contribution in [0, 0.1) is 26.7 Å². The Morgan fingerprint density at radius 3 is 2.74 bits per heavy atom. The van der Waals surface area contributed by atoms with Gasteiger partial charge >= 0.3 is 0 Å². The summed E-state index contributed by atoms with van der Waals surface area (Å²) < 4.78 is 11.3. The number of benzene rings is 1. The van der Waals surface area contributed by atoms with Gasteiger partial charge < -0.3 is 24.8 Å². The van der Waals surface area contributed by atoms with Crippen molar-refractivity contribution in [2.45, 2.75) is 65.1 Å². The molecule has 3 N–H and O–H groups in total. The number of rotatable bonds is 9. The highest BCUT2D eigenvalue weighted by atomic mass is 16.5. The number of hydrogen-bond acceptors (Lipinski definition) is 8. The zero-order valence-electron chi connectivity index (χ0n) is 21.0. The lowest BCUT2D eigenvalue weighted by atomic mass is 9.83. The Bertz CT molecular complexity index is 1130. The maximum Gasteiger partial charge on any atom is 0.160 e. The standard InChI is InChI=1S/C27H36N4O4/c1-16-24(12-19-7-5-9-21(32)11-19)29-27(30-26(16)25-17(2)31-35-18(25)3)20-8-6-10-23(13-20)34-15-22(33)14-28-4/h6,8,10,13,19,21-22,28,32-33H,5,7,9,11-12,14-15H2,1-4H3/t19-,21+,22?/m0/s1. The predicted octanol–water partition coefficient (Wildman–Crippen LogP) is 3.78. The summed E-state index contributed by atoms with van der Waals surface area (Å²) in [4.78, 5) is 9.96. The third-order valence-corrected chi connectivity index (χ3v) is 6.73. The van der Waals surface area contributed by atoms with Gasteiger partial charge in [-0.25, -0.2) is 9.97 Å². The highest BCUT2D eigenvalue weighted by Gasteiger charge is 2.25. The molecule has 35 heavy (non-hydrogen) atoms. The second kappa shape index (κ2) is 11.3. The summed E-state index contributed by atoms with van der Waals surface area (Å²) in [6.45, 7) is 6.54. The average Bonchev–Trinajstić information content (AvgIpc) is 3.17. The lowest BCUT2D eigenvalue weighted by molar-refractivity contribution is 0.101. The van der Waals surface area contributed by atoms with Gasteiger partial charge in [-0.15, -0.1) is 0 Å². The fourth-order valence-corrected chi connectivity index (χ4v) is 4.89. The maximum absolute atomic E-state index is 10.2. The van der Waals surface area contributed by atoms with Crippen LogP contribution in [0.1, 0.15) is 48.4 Å². The molecule has 8 heteroatoms. The van der Waals surface area contributed by atoms with Crippen molar-refractivity contribution in [2.24, 2.45) is 5.92 Å². The van der Waals surface area contributed by atoms with Crippen LogP contribution in [0.25, 0.3) is 22.6 Å². The molecule has 3 atom stereocenters. The SMILES string of the molecule is CNCC(O)COc1cccc(-c2nc(C[C@H]3CCC[C@@H](O)C3)c(C)c(-c3c(C)noc3C)n2)c1. The summed E-state index contributed by atoms with van der Waals surface area (Å²) in [5.41, 5.74) is 5.37. The van der Waals surface area contributed by atoms with Crippen LogP contribution in [-0.2, 0) is 6.42 Å². The van der Waals surface area contributed by atoms with Crippen molar-refractivity contribution in [2.75, 3.05) is 20.2 Å². The van der Waals surface area contributed by atoms with E-state index in [-0.39, 0.29) is 12.7 Å². The topological polar surface area (TPSA) is 114 Å². The fourth-order valence-electron chi connectivity index (χ4n) is 4.89. The first-order chi connectivity index (χ1) is 16.9. The Hall–Kier alpha value is -2.81. The minimum absolute atomic E-state index is 0.193. The molecule has 1 aliphatic carbocycles. The molecule has 0 saturated heterocycles. The van der Waals surface area contributed by atoms with Crippen molar-refractivity contribution in [3.05, 3.63) is 47.0 Å². The first-order valence-electron chi connectivity index (χ1n) is 12.4. The molecule has 1 aliphatic rings. The number of likely N-dealkylation sites (N-methyl/N-ethyl adjacent to an activating group) is 1. The Morgan fingerprint density at radius 2 is 2.03 bits per heavy atom. The van der Waals surface area contributed by atoms with Gasteiger partial charge in [0.1, 0.15) is 24.2 Å². The van der Waals surface area contributed by atoms with Gasteiger partial charge in [0.15, 0.2) is 5.82 Å². The van der Waals surface area contributed by atoms with Crippen LogP contribution in [0.4, 0.5) is 0 Å². The van der Waals surface area contributed by atoms with E-state index in [0.29, 0.717) is 24.0 Å². The minimum atomic E-state index is -0.595. The van der Waals surface area contributed by atoms with Gasteiger partial charge in [-0.1, -0.05) is 23.7 Å². The molecule has 2 aromatic heterocycles. The monoisotopic (exact) mass is 480 g/mol. The molecule has 1 fully saturated rings. The first-order valence-corrected chi connectivity index (χ1v) is 12.4. The van der Waals surface area contributed by atoms with Gasteiger partial charge in [-0.2, -0.15) is 0 Å². The van der Waals surface area contributed by atoms with Crippen LogP contribution < -0.4 is 10.1 Å². The van der Waals surface area contributed by atoms with E-state index in [1.54, 1.807) is 7.05 Å². The molecule has 0 amide bonds. The zero-order chi connectivity index (χ0) is 24.9. The Morgan fingerprint density at radius 1 is 1.20 bits per heavy atom. The van der Waals surface area contributed by atoms with E-state index in [9.17, 15) is 10.2 Å². The van der Waals surface area contributed by atoms with E-state index in [4.69, 9.17) is 19.2 Å². The number of nitrogens with one attached hydrogen (secondary N) is 1. The highest BCUT2D eigenvalue weighted by Crippen LogP contribution is 2.34. The van der Waals surface area contributed by atoms with Crippen LogP contribution >= 0.6 is 0 Å². The van der Waals surface area contributed by atoms with Crippen LogP contribution in [-0.4, -0.2) is 57.7 Å². The molecule has 4 rings (SSSR count). The van der Waals surface area contributed by atoms with Crippen molar-refractivity contribution < 1.29 is 19.5 Å². The Kier molecular flexibility index (Phi) is 8.15. The molecule has 188 valence electrons. The van der Waals surface area contributed by atoms with E-state index in [1.807, 2.05) is 38.1 Å². The van der Waals surface area contributed by atoms with Gasteiger partial charge in [0.25, 0.3) is 0 Å². The summed E-state index contributed by atoms with van der Waals surface area (Å²) >= 11 is 0. The molecular weight excluding hydrogens is 444 g/mol. The molecule has 3 aromatic rings. The summed E-state index contributed by atoms with van der Waals surface area (Å²) in [6, 6.07) is 7.64. The third-order valence-electron chi connectivity index (χ3n) is 6.73. The molecule has 0 spiro atoms. The zero-order valence-corrected chi connectivity index (χ0v) is 21.0. The van der Waals surface area contributed by atoms with Crippen molar-refractivity contribution in [1.29, 1.82) is 0 Å². The first kappa shape index (κ1) is 25.3. The smallest absolute Gasteiger partial charge is 0.160 e. The van der Waals surface area contributed by atoms with Crippen LogP contribution in [0.15, 0.2) is 28.8 Å². The van der Waals surface area contributed by atoms with Crippen molar-refractivity contribution in [3.63, 3.8) is 0 Å². The van der Waals surface area contributed by atoms with E-state index in [1.165, 1.54) is 0 Å². The molecule has 0 aliphatic heterocycles. The molecule has 8 nitrogen and oxygen atoms in total. The fraction of sp³-hybridized carbons (Fsp3) is 0.519. The number of ether oxygens (including phenoxy) is 1. The average molecular weight is 481 g/mol. The summed E-state index contributed by atoms with van der Waals surface area (Å²) in [5.74, 6) is 2.38. The molecule has 1 aromatic carbocycles. The van der Waals surface area contributed by atoms with Gasteiger partial charge in [-0.3, -0.25) is 0 Å². The number of aromatic nitrogens is 3. The van der Waals surface area contributed by atoms with E-state index in [2.05, 4.69) is 17.4 Å². The van der Waals surface area contributed by atoms with Crippen molar-refractivity contribution in [3.8, 4) is 28.4 Å². The van der Waals surface area contributed by atoms with Gasteiger partial charge in [-0.05, 0) is 77.1 Å². The second-order valence-electron chi connectivity index (χ2n) is 9.61. The molecule has 1 saturated carbocycles. The highest BCUT2D eigenvalue weighted by molar-refractivity contribution is 5.71. The quantitative estimate of drug-likeness (QED) is 0.424. The largest absolute Gasteiger partial charge is 0.491 e. The van der Waals surface area contributed by atoms with E-state index >= 15 is 0 Å². The van der Waals surface area contributed by atoms with Gasteiger partial charge in [0.2, 0.25) is 0 Å². The van der Waals surface area contributed by atoms with Gasteiger partial charge in [0.05, 0.1) is 23.1 Å². The Labute approximate surface area is 206 Å². The Balaban J connectivity index is 1.71. The number of aliphatic hydroxyl groups is 2. The molecular formula is C27H36N4O4. The lowest BCUT2D eigenvalue weighted by Crippen LogP contribution is -2.29. The number of nitrogens with zero attached hydrogens (tertiary/aromatic N) is 3. The second-order valence-corrected chi connectivity index (χ2v) is 9.61. The third kappa shape index (κ3) is 6.07. The number of hydrogen-bond donors (Lipinski definition) is 3. The van der Waals surface area contributed by atoms with Crippen molar-refractivity contribution >= 4 is 0 Å². The normalized spacial score (nSPS) is 19.0. The molecule has 0 bridgehead atoms. The van der Waals surface area contributed by atoms with Crippen LogP contribution in [0.2, 0.25) is 0 Å². The van der Waals surface area contributed by atoms with Crippen molar-refractivity contribution in [1.82, 2.24) is 20.4 Å². The lowest BCUT2D eigenvalue weighted by Gasteiger charge is -2.26. The predicted molar refractivity (Wildman–Crippen MR) is 134 cm³/mol. The molecule has 2 heterocycles. The van der Waals surface area contributed by atoms with E-state index in [0.717, 1.165) is 71.6 Å². The summed E-state index contributed by atoms with van der Waals surface area (Å²) in [5, 5.41) is 27.3. The summed E-state index contributed by atoms with van der Waals surface area (Å²) in [7, 11) is 1.79. The van der Waals surface area contributed by atoms with Gasteiger partial charge in [0, 0.05) is 17.8 Å². The van der Waals surface area contributed by atoms with Crippen LogP contribution in [0.5, 0.6) is 5.75 Å². The number of aliphatic hydroxyl groups excluding tert-OH is 2. The van der Waals surface area contributed by atoms with E-state index < -0.39 is 6.10 Å². The maximum atomic E-state index is 10.2. The molecule has 1 unspecified atom stereocenters. The summed E-state index contributed by atoms with van der Waals surface area (Å²) in [6.07, 6.45) is 3.78. The molecule has 0 radical (unpaired) electrons. The van der Waals surface area contributed by atoms with Crippen LogP contribution in [0.3, 0.4) is 0 Å². The minimum Gasteiger partial charge on any atom is -0.491 e.